The molecule has 0 fully saturated rings. The molecule has 0 spiro atoms. The summed E-state index contributed by atoms with van der Waals surface area (Å²) in [6.07, 6.45) is 0. The minimum Gasteiger partial charge on any atom is -0.492 e. The first-order valence-electron chi connectivity index (χ1n) is 7.74. The first kappa shape index (κ1) is 17.9. The minimum atomic E-state index is -0.225. The SMILES string of the molecule is CCN(CC)CCOc1ccc(F)cc1CNC(C)(C)C. The van der Waals surface area contributed by atoms with Crippen LogP contribution < -0.4 is 10.1 Å². The molecule has 0 aliphatic heterocycles. The average Bonchev–Trinajstić information content (AvgIpc) is 2.42. The fraction of sp³-hybridized carbons (Fsp3) is 0.647. The maximum atomic E-state index is 13.4. The fourth-order valence-corrected chi connectivity index (χ4v) is 2.01. The Morgan fingerprint density at radius 3 is 2.43 bits per heavy atom. The predicted molar refractivity (Wildman–Crippen MR) is 86.3 cm³/mol. The van der Waals surface area contributed by atoms with Gasteiger partial charge in [-0.2, -0.15) is 0 Å². The van der Waals surface area contributed by atoms with Crippen LogP contribution in [0.3, 0.4) is 0 Å². The molecular weight excluding hydrogens is 267 g/mol. The first-order valence-corrected chi connectivity index (χ1v) is 7.74. The van der Waals surface area contributed by atoms with Crippen molar-refractivity contribution >= 4 is 0 Å². The zero-order valence-corrected chi connectivity index (χ0v) is 14.0. The van der Waals surface area contributed by atoms with Gasteiger partial charge in [-0.3, -0.25) is 0 Å². The summed E-state index contributed by atoms with van der Waals surface area (Å²) in [7, 11) is 0. The van der Waals surface area contributed by atoms with Crippen LogP contribution in [0.15, 0.2) is 18.2 Å². The van der Waals surface area contributed by atoms with E-state index >= 15 is 0 Å². The number of hydrogen-bond donors (Lipinski definition) is 1. The molecule has 0 aliphatic carbocycles. The topological polar surface area (TPSA) is 24.5 Å². The van der Waals surface area contributed by atoms with Gasteiger partial charge in [0.2, 0.25) is 0 Å². The molecule has 0 atom stereocenters. The molecule has 0 saturated heterocycles. The van der Waals surface area contributed by atoms with Crippen LogP contribution in [-0.4, -0.2) is 36.7 Å². The molecule has 1 aromatic rings. The molecular formula is C17H29FN2O. The van der Waals surface area contributed by atoms with Crippen molar-refractivity contribution in [1.29, 1.82) is 0 Å². The normalized spacial score (nSPS) is 12.0. The second-order valence-electron chi connectivity index (χ2n) is 6.23. The van der Waals surface area contributed by atoms with Gasteiger partial charge >= 0.3 is 0 Å². The highest BCUT2D eigenvalue weighted by Gasteiger charge is 2.12. The number of rotatable bonds is 8. The third-order valence-electron chi connectivity index (χ3n) is 3.39. The predicted octanol–water partition coefficient (Wildman–Crippen LogP) is 3.43. The number of nitrogens with zero attached hydrogens (tertiary/aromatic N) is 1. The Labute approximate surface area is 128 Å². The number of benzene rings is 1. The van der Waals surface area contributed by atoms with Crippen molar-refractivity contribution in [3.05, 3.63) is 29.6 Å². The van der Waals surface area contributed by atoms with Crippen LogP contribution in [0, 0.1) is 5.82 Å². The number of ether oxygens (including phenoxy) is 1. The monoisotopic (exact) mass is 296 g/mol. The minimum absolute atomic E-state index is 0.00912. The van der Waals surface area contributed by atoms with E-state index in [1.807, 2.05) is 0 Å². The number of likely N-dealkylation sites (N-methyl/N-ethyl adjacent to an activating group) is 1. The van der Waals surface area contributed by atoms with Crippen LogP contribution in [0.1, 0.15) is 40.2 Å². The molecule has 0 aliphatic rings. The Bertz CT molecular complexity index is 425. The molecule has 0 aromatic heterocycles. The van der Waals surface area contributed by atoms with Crippen molar-refractivity contribution in [1.82, 2.24) is 10.2 Å². The number of hydrogen-bond acceptors (Lipinski definition) is 3. The van der Waals surface area contributed by atoms with Gasteiger partial charge in [0.05, 0.1) is 0 Å². The number of halogens is 1. The summed E-state index contributed by atoms with van der Waals surface area (Å²) < 4.78 is 19.3. The molecule has 0 unspecified atom stereocenters. The van der Waals surface area contributed by atoms with E-state index in [2.05, 4.69) is 44.8 Å². The highest BCUT2D eigenvalue weighted by molar-refractivity contribution is 5.34. The van der Waals surface area contributed by atoms with E-state index in [9.17, 15) is 4.39 Å². The summed E-state index contributed by atoms with van der Waals surface area (Å²) in [6, 6.07) is 4.72. The van der Waals surface area contributed by atoms with Crippen LogP contribution in [0.5, 0.6) is 5.75 Å². The van der Waals surface area contributed by atoms with Crippen LogP contribution in [0.25, 0.3) is 0 Å². The van der Waals surface area contributed by atoms with Gasteiger partial charge in [0, 0.05) is 24.2 Å². The third-order valence-corrected chi connectivity index (χ3v) is 3.39. The van der Waals surface area contributed by atoms with E-state index < -0.39 is 0 Å². The summed E-state index contributed by atoms with van der Waals surface area (Å²) in [5, 5.41) is 3.37. The van der Waals surface area contributed by atoms with E-state index in [0.717, 1.165) is 30.9 Å². The van der Waals surface area contributed by atoms with E-state index in [0.29, 0.717) is 13.2 Å². The zero-order chi connectivity index (χ0) is 15.9. The van der Waals surface area contributed by atoms with Crippen molar-refractivity contribution in [2.45, 2.75) is 46.7 Å². The highest BCUT2D eigenvalue weighted by atomic mass is 19.1. The molecule has 4 heteroatoms. The smallest absolute Gasteiger partial charge is 0.124 e. The summed E-state index contributed by atoms with van der Waals surface area (Å²) in [4.78, 5) is 2.30. The average molecular weight is 296 g/mol. The van der Waals surface area contributed by atoms with Crippen molar-refractivity contribution in [2.75, 3.05) is 26.2 Å². The molecule has 0 heterocycles. The van der Waals surface area contributed by atoms with Crippen molar-refractivity contribution in [3.63, 3.8) is 0 Å². The highest BCUT2D eigenvalue weighted by Crippen LogP contribution is 2.20. The molecule has 0 radical (unpaired) electrons. The van der Waals surface area contributed by atoms with Gasteiger partial charge in [0.1, 0.15) is 18.2 Å². The Hall–Kier alpha value is -1.13. The molecule has 0 saturated carbocycles. The van der Waals surface area contributed by atoms with Crippen LogP contribution >= 0.6 is 0 Å². The molecule has 1 N–H and O–H groups in total. The molecule has 21 heavy (non-hydrogen) atoms. The summed E-state index contributed by atoms with van der Waals surface area (Å²) in [6.45, 7) is 14.7. The molecule has 1 rings (SSSR count). The fourth-order valence-electron chi connectivity index (χ4n) is 2.01. The maximum absolute atomic E-state index is 13.4. The van der Waals surface area contributed by atoms with Gasteiger partial charge in [-0.1, -0.05) is 13.8 Å². The lowest BCUT2D eigenvalue weighted by atomic mass is 10.1. The van der Waals surface area contributed by atoms with Crippen molar-refractivity contribution in [3.8, 4) is 5.75 Å². The van der Waals surface area contributed by atoms with E-state index in [-0.39, 0.29) is 11.4 Å². The second kappa shape index (κ2) is 8.35. The van der Waals surface area contributed by atoms with E-state index in [1.165, 1.54) is 6.07 Å². The van der Waals surface area contributed by atoms with Crippen LogP contribution in [0.2, 0.25) is 0 Å². The molecule has 0 amide bonds. The van der Waals surface area contributed by atoms with Gasteiger partial charge in [-0.05, 0) is 52.1 Å². The number of nitrogens with one attached hydrogen (secondary N) is 1. The molecule has 1 aromatic carbocycles. The first-order chi connectivity index (χ1) is 9.85. The lowest BCUT2D eigenvalue weighted by molar-refractivity contribution is 0.221. The molecule has 3 nitrogen and oxygen atoms in total. The van der Waals surface area contributed by atoms with Gasteiger partial charge in [-0.15, -0.1) is 0 Å². The summed E-state index contributed by atoms with van der Waals surface area (Å²) >= 11 is 0. The maximum Gasteiger partial charge on any atom is 0.124 e. The van der Waals surface area contributed by atoms with Gasteiger partial charge < -0.3 is 15.0 Å². The van der Waals surface area contributed by atoms with Gasteiger partial charge in [-0.25, -0.2) is 4.39 Å². The Balaban J connectivity index is 2.64. The van der Waals surface area contributed by atoms with E-state index in [1.54, 1.807) is 12.1 Å². The summed E-state index contributed by atoms with van der Waals surface area (Å²) in [5.41, 5.74) is 0.856. The van der Waals surface area contributed by atoms with Crippen molar-refractivity contribution in [2.24, 2.45) is 0 Å². The van der Waals surface area contributed by atoms with Gasteiger partial charge in [0.15, 0.2) is 0 Å². The van der Waals surface area contributed by atoms with Crippen molar-refractivity contribution < 1.29 is 9.13 Å². The Morgan fingerprint density at radius 2 is 1.86 bits per heavy atom. The Kier molecular flexibility index (Phi) is 7.12. The van der Waals surface area contributed by atoms with Gasteiger partial charge in [0.25, 0.3) is 0 Å². The van der Waals surface area contributed by atoms with Crippen LogP contribution in [-0.2, 0) is 6.54 Å². The molecule has 0 bridgehead atoms. The summed E-state index contributed by atoms with van der Waals surface area (Å²) in [5.74, 6) is 0.539. The molecule has 120 valence electrons. The zero-order valence-electron chi connectivity index (χ0n) is 14.0. The lowest BCUT2D eigenvalue weighted by Crippen LogP contribution is -2.35. The lowest BCUT2D eigenvalue weighted by Gasteiger charge is -2.22. The Morgan fingerprint density at radius 1 is 1.19 bits per heavy atom. The largest absolute Gasteiger partial charge is 0.492 e. The standard InChI is InChI=1S/C17H29FN2O/c1-6-20(7-2)10-11-21-16-9-8-15(18)12-14(16)13-19-17(3,4)5/h8-9,12,19H,6-7,10-11,13H2,1-5H3. The van der Waals surface area contributed by atoms with E-state index in [4.69, 9.17) is 4.74 Å². The quantitative estimate of drug-likeness (QED) is 0.795. The van der Waals surface area contributed by atoms with Crippen LogP contribution in [0.4, 0.5) is 4.39 Å². The third kappa shape index (κ3) is 6.91. The second-order valence-corrected chi connectivity index (χ2v) is 6.23.